The van der Waals surface area contributed by atoms with Gasteiger partial charge in [0.25, 0.3) is 5.91 Å². The Morgan fingerprint density at radius 1 is 1.38 bits per heavy atom. The summed E-state index contributed by atoms with van der Waals surface area (Å²) < 4.78 is 7.55. The quantitative estimate of drug-likeness (QED) is 0.801. The molecule has 1 amide bonds. The number of nitrogens with one attached hydrogen (secondary N) is 1. The number of nitrogens with zero attached hydrogens (tertiary/aromatic N) is 3. The van der Waals surface area contributed by atoms with Crippen molar-refractivity contribution < 1.29 is 9.53 Å². The zero-order valence-electron chi connectivity index (χ0n) is 13.4. The molecule has 122 valence electrons. The van der Waals surface area contributed by atoms with Crippen molar-refractivity contribution in [3.63, 3.8) is 0 Å². The summed E-state index contributed by atoms with van der Waals surface area (Å²) in [6.45, 7) is 2.93. The second-order valence-electron chi connectivity index (χ2n) is 5.85. The van der Waals surface area contributed by atoms with Crippen LogP contribution >= 0.6 is 0 Å². The van der Waals surface area contributed by atoms with E-state index in [9.17, 15) is 4.79 Å². The van der Waals surface area contributed by atoms with Gasteiger partial charge in [0, 0.05) is 18.9 Å². The van der Waals surface area contributed by atoms with Crippen LogP contribution in [-0.4, -0.2) is 33.4 Å². The molecule has 6 nitrogen and oxygen atoms in total. The highest BCUT2D eigenvalue weighted by Crippen LogP contribution is 2.26. The molecule has 4 rings (SSSR count). The normalized spacial score (nSPS) is 16.8. The van der Waals surface area contributed by atoms with Crippen molar-refractivity contribution in [3.05, 3.63) is 65.2 Å². The summed E-state index contributed by atoms with van der Waals surface area (Å²) in [5, 5.41) is 2.98. The number of aromatic nitrogens is 3. The standard InChI is InChI=1S/C18H18N4O2/c1-12-16(22-9-4-8-19-18(22)21-12)17(23)20-11-15-14-6-3-2-5-13(14)7-10-24-15/h2-6,8-9,15H,7,10-11H2,1H3,(H,20,23). The monoisotopic (exact) mass is 322 g/mol. The molecular formula is C18H18N4O2. The molecule has 0 saturated heterocycles. The van der Waals surface area contributed by atoms with Gasteiger partial charge in [-0.3, -0.25) is 9.20 Å². The largest absolute Gasteiger partial charge is 0.371 e. The molecule has 3 aromatic rings. The highest BCUT2D eigenvalue weighted by atomic mass is 16.5. The smallest absolute Gasteiger partial charge is 0.270 e. The molecule has 0 spiro atoms. The van der Waals surface area contributed by atoms with E-state index in [1.54, 1.807) is 22.9 Å². The molecule has 0 bridgehead atoms. The number of carbonyl (C=O) groups is 1. The summed E-state index contributed by atoms with van der Waals surface area (Å²) in [7, 11) is 0. The number of hydrogen-bond acceptors (Lipinski definition) is 4. The van der Waals surface area contributed by atoms with Crippen LogP contribution in [0.5, 0.6) is 0 Å². The van der Waals surface area contributed by atoms with Gasteiger partial charge in [0.2, 0.25) is 5.78 Å². The summed E-state index contributed by atoms with van der Waals surface area (Å²) in [4.78, 5) is 21.1. The van der Waals surface area contributed by atoms with E-state index in [4.69, 9.17) is 4.74 Å². The van der Waals surface area contributed by atoms with Gasteiger partial charge in [-0.25, -0.2) is 9.97 Å². The van der Waals surface area contributed by atoms with Gasteiger partial charge in [-0.15, -0.1) is 0 Å². The van der Waals surface area contributed by atoms with Crippen molar-refractivity contribution in [2.75, 3.05) is 13.2 Å². The zero-order valence-corrected chi connectivity index (χ0v) is 13.4. The fourth-order valence-corrected chi connectivity index (χ4v) is 3.19. The maximum atomic E-state index is 12.6. The summed E-state index contributed by atoms with van der Waals surface area (Å²) in [5.74, 6) is 0.360. The first-order valence-electron chi connectivity index (χ1n) is 8.01. The van der Waals surface area contributed by atoms with Crippen LogP contribution in [0.1, 0.15) is 33.4 Å². The maximum Gasteiger partial charge on any atom is 0.270 e. The van der Waals surface area contributed by atoms with E-state index in [2.05, 4.69) is 27.4 Å². The Kier molecular flexibility index (Phi) is 3.74. The fraction of sp³-hybridized carbons (Fsp3) is 0.278. The van der Waals surface area contributed by atoms with Crippen LogP contribution in [0, 0.1) is 6.92 Å². The topological polar surface area (TPSA) is 68.5 Å². The molecule has 0 fully saturated rings. The first-order chi connectivity index (χ1) is 11.7. The number of rotatable bonds is 3. The van der Waals surface area contributed by atoms with Crippen LogP contribution < -0.4 is 5.32 Å². The van der Waals surface area contributed by atoms with E-state index in [0.29, 0.717) is 30.3 Å². The van der Waals surface area contributed by atoms with Crippen LogP contribution in [0.4, 0.5) is 0 Å². The number of aryl methyl sites for hydroxylation is 1. The van der Waals surface area contributed by atoms with Crippen molar-refractivity contribution in [2.24, 2.45) is 0 Å². The second-order valence-corrected chi connectivity index (χ2v) is 5.85. The van der Waals surface area contributed by atoms with E-state index in [1.807, 2.05) is 19.1 Å². The summed E-state index contributed by atoms with van der Waals surface area (Å²) >= 11 is 0. The summed E-state index contributed by atoms with van der Waals surface area (Å²) in [5.41, 5.74) is 3.62. The van der Waals surface area contributed by atoms with Gasteiger partial charge in [-0.2, -0.15) is 0 Å². The molecule has 0 saturated carbocycles. The van der Waals surface area contributed by atoms with Crippen molar-refractivity contribution in [2.45, 2.75) is 19.4 Å². The van der Waals surface area contributed by atoms with Gasteiger partial charge in [-0.1, -0.05) is 24.3 Å². The number of amides is 1. The lowest BCUT2D eigenvalue weighted by atomic mass is 9.97. The number of carbonyl (C=O) groups excluding carboxylic acids is 1. The average molecular weight is 322 g/mol. The minimum atomic E-state index is -0.167. The van der Waals surface area contributed by atoms with Gasteiger partial charge in [-0.05, 0) is 30.5 Å². The molecule has 1 unspecified atom stereocenters. The molecular weight excluding hydrogens is 304 g/mol. The molecule has 1 atom stereocenters. The molecule has 0 aliphatic carbocycles. The Hall–Kier alpha value is -2.73. The van der Waals surface area contributed by atoms with E-state index in [1.165, 1.54) is 5.56 Å². The number of fused-ring (bicyclic) bond motifs is 2. The third-order valence-electron chi connectivity index (χ3n) is 4.33. The third kappa shape index (κ3) is 2.55. The Balaban J connectivity index is 1.54. The number of hydrogen-bond donors (Lipinski definition) is 1. The van der Waals surface area contributed by atoms with Crippen LogP contribution in [0.25, 0.3) is 5.78 Å². The van der Waals surface area contributed by atoms with Crippen LogP contribution in [0.2, 0.25) is 0 Å². The van der Waals surface area contributed by atoms with Crippen molar-refractivity contribution in [1.29, 1.82) is 0 Å². The Bertz CT molecular complexity index is 903. The van der Waals surface area contributed by atoms with Gasteiger partial charge in [0.1, 0.15) is 11.8 Å². The molecule has 6 heteroatoms. The van der Waals surface area contributed by atoms with Crippen molar-refractivity contribution in [1.82, 2.24) is 19.7 Å². The first kappa shape index (κ1) is 14.8. The van der Waals surface area contributed by atoms with Crippen LogP contribution in [-0.2, 0) is 11.2 Å². The van der Waals surface area contributed by atoms with Crippen LogP contribution in [0.15, 0.2) is 42.7 Å². The number of imidazole rings is 1. The Morgan fingerprint density at radius 3 is 3.17 bits per heavy atom. The Morgan fingerprint density at radius 2 is 2.25 bits per heavy atom. The molecule has 1 aliphatic heterocycles. The SMILES string of the molecule is Cc1nc2ncccn2c1C(=O)NCC1OCCc2ccccc21. The first-order valence-corrected chi connectivity index (χ1v) is 8.01. The molecule has 1 aliphatic rings. The van der Waals surface area contributed by atoms with Gasteiger partial charge >= 0.3 is 0 Å². The molecule has 2 aromatic heterocycles. The second kappa shape index (κ2) is 6.05. The van der Waals surface area contributed by atoms with Crippen LogP contribution in [0.3, 0.4) is 0 Å². The molecule has 3 heterocycles. The molecule has 24 heavy (non-hydrogen) atoms. The van der Waals surface area contributed by atoms with E-state index < -0.39 is 0 Å². The minimum absolute atomic E-state index is 0.114. The zero-order chi connectivity index (χ0) is 16.5. The van der Waals surface area contributed by atoms with Crippen molar-refractivity contribution in [3.8, 4) is 0 Å². The third-order valence-corrected chi connectivity index (χ3v) is 4.33. The number of benzene rings is 1. The summed E-state index contributed by atoms with van der Waals surface area (Å²) in [6, 6.07) is 10.0. The molecule has 0 radical (unpaired) electrons. The lowest BCUT2D eigenvalue weighted by Gasteiger charge is -2.26. The Labute approximate surface area is 139 Å². The van der Waals surface area contributed by atoms with Gasteiger partial charge < -0.3 is 10.1 Å². The van der Waals surface area contributed by atoms with E-state index in [-0.39, 0.29) is 12.0 Å². The molecule has 1 N–H and O–H groups in total. The predicted octanol–water partition coefficient (Wildman–Crippen LogP) is 2.08. The number of ether oxygens (including phenoxy) is 1. The van der Waals surface area contributed by atoms with E-state index in [0.717, 1.165) is 12.0 Å². The lowest BCUT2D eigenvalue weighted by molar-refractivity contribution is 0.0410. The highest BCUT2D eigenvalue weighted by Gasteiger charge is 2.23. The fourth-order valence-electron chi connectivity index (χ4n) is 3.19. The van der Waals surface area contributed by atoms with E-state index >= 15 is 0 Å². The molecule has 1 aromatic carbocycles. The predicted molar refractivity (Wildman–Crippen MR) is 88.9 cm³/mol. The van der Waals surface area contributed by atoms with Crippen molar-refractivity contribution >= 4 is 11.7 Å². The summed E-state index contributed by atoms with van der Waals surface area (Å²) in [6.07, 6.45) is 4.26. The average Bonchev–Trinajstić information content (AvgIpc) is 2.95. The van der Waals surface area contributed by atoms with Gasteiger partial charge in [0.15, 0.2) is 0 Å². The lowest BCUT2D eigenvalue weighted by Crippen LogP contribution is -2.32. The highest BCUT2D eigenvalue weighted by molar-refractivity contribution is 5.94. The minimum Gasteiger partial charge on any atom is -0.371 e. The van der Waals surface area contributed by atoms with Gasteiger partial charge in [0.05, 0.1) is 12.3 Å². The maximum absolute atomic E-state index is 12.6.